The predicted molar refractivity (Wildman–Crippen MR) is 45.8 cm³/mol. The van der Waals surface area contributed by atoms with Gasteiger partial charge in [-0.3, -0.25) is 0 Å². The van der Waals surface area contributed by atoms with Crippen molar-refractivity contribution in [3.63, 3.8) is 0 Å². The summed E-state index contributed by atoms with van der Waals surface area (Å²) in [6, 6.07) is 0. The van der Waals surface area contributed by atoms with Crippen molar-refractivity contribution >= 4 is 0 Å². The van der Waals surface area contributed by atoms with E-state index >= 15 is 0 Å². The second-order valence-corrected chi connectivity index (χ2v) is 3.17. The molecule has 0 N–H and O–H groups in total. The molecule has 0 bridgehead atoms. The molecule has 1 rings (SSSR count). The Morgan fingerprint density at radius 3 is 2.91 bits per heavy atom. The minimum atomic E-state index is -0.469. The molecular formula is C10H15O. The molecule has 2 atom stereocenters. The molecule has 0 fully saturated rings. The van der Waals surface area contributed by atoms with Gasteiger partial charge in [-0.1, -0.05) is 23.8 Å². The Morgan fingerprint density at radius 1 is 1.64 bits per heavy atom. The van der Waals surface area contributed by atoms with Crippen molar-refractivity contribution in [1.29, 1.82) is 0 Å². The molecule has 0 spiro atoms. The van der Waals surface area contributed by atoms with Gasteiger partial charge in [-0.25, -0.2) is 5.11 Å². The van der Waals surface area contributed by atoms with Crippen molar-refractivity contribution in [1.82, 2.24) is 0 Å². The van der Waals surface area contributed by atoms with Crippen LogP contribution in [0.25, 0.3) is 0 Å². The summed E-state index contributed by atoms with van der Waals surface area (Å²) in [5.41, 5.74) is 1.36. The van der Waals surface area contributed by atoms with Crippen LogP contribution < -0.4 is 0 Å². The largest absolute Gasteiger partial charge is 0.229 e. The van der Waals surface area contributed by atoms with Gasteiger partial charge in [-0.2, -0.15) is 0 Å². The molecular weight excluding hydrogens is 136 g/mol. The Hall–Kier alpha value is -0.560. The lowest BCUT2D eigenvalue weighted by molar-refractivity contribution is 0.105. The summed E-state index contributed by atoms with van der Waals surface area (Å²) >= 11 is 0. The first-order valence-corrected chi connectivity index (χ1v) is 4.19. The Balaban J connectivity index is 2.56. The fourth-order valence-electron chi connectivity index (χ4n) is 1.46. The van der Waals surface area contributed by atoms with Crippen molar-refractivity contribution in [2.45, 2.75) is 32.8 Å². The molecule has 11 heavy (non-hydrogen) atoms. The minimum Gasteiger partial charge on any atom is -0.229 e. The van der Waals surface area contributed by atoms with Crippen molar-refractivity contribution in [2.75, 3.05) is 0 Å². The molecule has 61 valence electrons. The highest BCUT2D eigenvalue weighted by molar-refractivity contribution is 5.09. The van der Waals surface area contributed by atoms with E-state index in [4.69, 9.17) is 0 Å². The predicted octanol–water partition coefficient (Wildman–Crippen LogP) is 2.72. The van der Waals surface area contributed by atoms with Crippen LogP contribution in [0.4, 0.5) is 0 Å². The quantitative estimate of drug-likeness (QED) is 0.513. The van der Waals surface area contributed by atoms with Crippen molar-refractivity contribution < 1.29 is 5.11 Å². The Morgan fingerprint density at radius 2 is 2.36 bits per heavy atom. The number of hydrogen-bond donors (Lipinski definition) is 0. The molecule has 2 unspecified atom stereocenters. The van der Waals surface area contributed by atoms with Gasteiger partial charge in [0.15, 0.2) is 0 Å². The zero-order chi connectivity index (χ0) is 8.27. The monoisotopic (exact) mass is 151 g/mol. The molecule has 1 radical (unpaired) electrons. The zero-order valence-corrected chi connectivity index (χ0v) is 7.21. The normalized spacial score (nSPS) is 32.5. The second kappa shape index (κ2) is 3.72. The molecule has 0 saturated heterocycles. The first-order valence-electron chi connectivity index (χ1n) is 4.19. The molecule has 1 aliphatic carbocycles. The molecule has 0 saturated carbocycles. The van der Waals surface area contributed by atoms with Gasteiger partial charge < -0.3 is 0 Å². The van der Waals surface area contributed by atoms with Crippen LogP contribution in [0.15, 0.2) is 23.8 Å². The van der Waals surface area contributed by atoms with E-state index in [1.165, 1.54) is 5.57 Å². The molecule has 1 heteroatoms. The van der Waals surface area contributed by atoms with Gasteiger partial charge in [0.25, 0.3) is 0 Å². The van der Waals surface area contributed by atoms with Gasteiger partial charge in [-0.15, -0.1) is 0 Å². The van der Waals surface area contributed by atoms with Crippen molar-refractivity contribution in [3.8, 4) is 0 Å². The molecule has 0 heterocycles. The third-order valence-electron chi connectivity index (χ3n) is 2.39. The number of allylic oxidation sites excluding steroid dienone is 3. The van der Waals surface area contributed by atoms with E-state index in [-0.39, 0.29) is 0 Å². The topological polar surface area (TPSA) is 19.9 Å². The van der Waals surface area contributed by atoms with Crippen LogP contribution in [0.1, 0.15) is 26.7 Å². The third-order valence-corrected chi connectivity index (χ3v) is 2.39. The zero-order valence-electron chi connectivity index (χ0n) is 7.21. The van der Waals surface area contributed by atoms with E-state index in [2.05, 4.69) is 13.0 Å². The first kappa shape index (κ1) is 8.54. The Labute approximate surface area is 68.4 Å². The van der Waals surface area contributed by atoms with Crippen LogP contribution >= 0.6 is 0 Å². The smallest absolute Gasteiger partial charge is 0.112 e. The second-order valence-electron chi connectivity index (χ2n) is 3.17. The summed E-state index contributed by atoms with van der Waals surface area (Å²) < 4.78 is 0. The lowest BCUT2D eigenvalue weighted by Crippen LogP contribution is -2.14. The summed E-state index contributed by atoms with van der Waals surface area (Å²) in [4.78, 5) is 0. The third kappa shape index (κ3) is 2.19. The van der Waals surface area contributed by atoms with Crippen LogP contribution in [0.2, 0.25) is 0 Å². The van der Waals surface area contributed by atoms with Gasteiger partial charge in [0.05, 0.1) is 0 Å². The Bertz CT molecular complexity index is 179. The van der Waals surface area contributed by atoms with E-state index < -0.39 is 6.10 Å². The number of hydrogen-bond acceptors (Lipinski definition) is 0. The van der Waals surface area contributed by atoms with E-state index in [1.54, 1.807) is 6.08 Å². The van der Waals surface area contributed by atoms with Gasteiger partial charge in [0.2, 0.25) is 0 Å². The number of rotatable bonds is 1. The van der Waals surface area contributed by atoms with E-state index in [0.29, 0.717) is 5.92 Å². The molecule has 0 aliphatic heterocycles. The molecule has 1 aliphatic rings. The SMILES string of the molecule is CC=C(C)C1CC=CC([O])C1. The fourth-order valence-corrected chi connectivity index (χ4v) is 1.46. The maximum absolute atomic E-state index is 11.1. The molecule has 0 aromatic rings. The van der Waals surface area contributed by atoms with Crippen LogP contribution in [0, 0.1) is 5.92 Å². The molecule has 0 aromatic carbocycles. The van der Waals surface area contributed by atoms with E-state index in [1.807, 2.05) is 13.0 Å². The molecule has 0 aromatic heterocycles. The maximum Gasteiger partial charge on any atom is 0.112 e. The maximum atomic E-state index is 11.1. The van der Waals surface area contributed by atoms with Gasteiger partial charge in [0, 0.05) is 0 Å². The van der Waals surface area contributed by atoms with Crippen LogP contribution in [-0.2, 0) is 5.11 Å². The summed E-state index contributed by atoms with van der Waals surface area (Å²) in [6.07, 6.45) is 7.26. The lowest BCUT2D eigenvalue weighted by Gasteiger charge is -2.20. The van der Waals surface area contributed by atoms with Crippen molar-refractivity contribution in [2.24, 2.45) is 5.92 Å². The van der Waals surface area contributed by atoms with Crippen LogP contribution in [-0.4, -0.2) is 6.10 Å². The lowest BCUT2D eigenvalue weighted by atomic mass is 9.87. The minimum absolute atomic E-state index is 0.469. The average molecular weight is 151 g/mol. The highest BCUT2D eigenvalue weighted by atomic mass is 16.3. The van der Waals surface area contributed by atoms with Gasteiger partial charge in [-0.05, 0) is 32.6 Å². The summed E-state index contributed by atoms with van der Waals surface area (Å²) in [5.74, 6) is 0.507. The highest BCUT2D eigenvalue weighted by Crippen LogP contribution is 2.25. The van der Waals surface area contributed by atoms with Gasteiger partial charge >= 0.3 is 0 Å². The van der Waals surface area contributed by atoms with E-state index in [9.17, 15) is 5.11 Å². The highest BCUT2D eigenvalue weighted by Gasteiger charge is 2.17. The fraction of sp³-hybridized carbons (Fsp3) is 0.600. The van der Waals surface area contributed by atoms with Crippen LogP contribution in [0.5, 0.6) is 0 Å². The van der Waals surface area contributed by atoms with Crippen LogP contribution in [0.3, 0.4) is 0 Å². The first-order chi connectivity index (χ1) is 5.24. The summed E-state index contributed by atoms with van der Waals surface area (Å²) in [5, 5.41) is 11.1. The summed E-state index contributed by atoms with van der Waals surface area (Å²) in [7, 11) is 0. The Kier molecular flexibility index (Phi) is 2.89. The van der Waals surface area contributed by atoms with Crippen molar-refractivity contribution in [3.05, 3.63) is 23.8 Å². The molecule has 0 amide bonds. The van der Waals surface area contributed by atoms with Gasteiger partial charge in [0.1, 0.15) is 6.10 Å². The standard InChI is InChI=1S/C10H15O/c1-3-8(2)9-5-4-6-10(11)7-9/h3-4,6,9-10H,5,7H2,1-2H3. The average Bonchev–Trinajstić information content (AvgIpc) is 2.03. The molecule has 1 nitrogen and oxygen atoms in total. The summed E-state index contributed by atoms with van der Waals surface area (Å²) in [6.45, 7) is 4.14. The van der Waals surface area contributed by atoms with E-state index in [0.717, 1.165) is 12.8 Å².